The molecular formula is C21H22N4O2. The third-order valence-corrected chi connectivity index (χ3v) is 5.04. The molecule has 0 aliphatic heterocycles. The molecule has 2 heterocycles. The molecule has 0 radical (unpaired) electrons. The lowest BCUT2D eigenvalue weighted by molar-refractivity contribution is -0.116. The number of amides is 1. The molecule has 2 aromatic heterocycles. The third kappa shape index (κ3) is 3.56. The summed E-state index contributed by atoms with van der Waals surface area (Å²) in [6.45, 7) is 1.83. The summed E-state index contributed by atoms with van der Waals surface area (Å²) in [5.41, 5.74) is 3.30. The van der Waals surface area contributed by atoms with Crippen molar-refractivity contribution in [2.45, 2.75) is 38.8 Å². The zero-order chi connectivity index (χ0) is 18.8. The van der Waals surface area contributed by atoms with Crippen molar-refractivity contribution in [2.24, 2.45) is 0 Å². The zero-order valence-electron chi connectivity index (χ0n) is 15.3. The molecule has 1 unspecified atom stereocenters. The van der Waals surface area contributed by atoms with Crippen LogP contribution in [0.25, 0.3) is 0 Å². The van der Waals surface area contributed by atoms with Crippen molar-refractivity contribution < 1.29 is 4.79 Å². The van der Waals surface area contributed by atoms with Gasteiger partial charge in [-0.15, -0.1) is 0 Å². The summed E-state index contributed by atoms with van der Waals surface area (Å²) in [5.74, 6) is 0.411. The first-order chi connectivity index (χ1) is 13.1. The highest BCUT2D eigenvalue weighted by Gasteiger charge is 2.24. The van der Waals surface area contributed by atoms with Crippen LogP contribution in [0, 0.1) is 6.92 Å². The minimum absolute atomic E-state index is 0.0223. The summed E-state index contributed by atoms with van der Waals surface area (Å²) < 4.78 is 3.28. The predicted octanol–water partition coefficient (Wildman–Crippen LogP) is 2.92. The van der Waals surface area contributed by atoms with Crippen LogP contribution in [-0.4, -0.2) is 20.3 Å². The molecule has 1 aliphatic rings. The van der Waals surface area contributed by atoms with E-state index in [2.05, 4.69) is 28.6 Å². The van der Waals surface area contributed by atoms with Crippen LogP contribution in [-0.2, 0) is 17.8 Å². The van der Waals surface area contributed by atoms with Gasteiger partial charge in [0.1, 0.15) is 12.4 Å². The highest BCUT2D eigenvalue weighted by Crippen LogP contribution is 2.34. The molecule has 3 aromatic rings. The van der Waals surface area contributed by atoms with Gasteiger partial charge in [0.2, 0.25) is 5.91 Å². The maximum Gasteiger partial charge on any atom is 0.251 e. The molecule has 0 bridgehead atoms. The number of fused-ring (bicyclic) bond motifs is 1. The Morgan fingerprint density at radius 1 is 1.26 bits per heavy atom. The van der Waals surface area contributed by atoms with Gasteiger partial charge in [0.25, 0.3) is 5.56 Å². The smallest absolute Gasteiger partial charge is 0.251 e. The number of aryl methyl sites for hydroxylation is 2. The fourth-order valence-corrected chi connectivity index (χ4v) is 3.72. The average molecular weight is 362 g/mol. The van der Waals surface area contributed by atoms with Gasteiger partial charge in [-0.3, -0.25) is 9.59 Å². The quantitative estimate of drug-likeness (QED) is 0.776. The topological polar surface area (TPSA) is 68.9 Å². The van der Waals surface area contributed by atoms with Gasteiger partial charge in [0.05, 0.1) is 12.2 Å². The molecule has 0 saturated heterocycles. The molecule has 4 rings (SSSR count). The lowest BCUT2D eigenvalue weighted by Crippen LogP contribution is -2.28. The first-order valence-corrected chi connectivity index (χ1v) is 9.20. The normalized spacial score (nSPS) is 16.0. The second-order valence-electron chi connectivity index (χ2n) is 6.99. The van der Waals surface area contributed by atoms with Crippen molar-refractivity contribution in [3.05, 3.63) is 81.9 Å². The standard InChI is InChI=1S/C21H22N4O2/c1-15-10-12-24(21(27)13-15)14-20(26)23-19-9-11-22-25(19)18-8-4-6-16-5-2-3-7-17(16)18/h2-3,5,7,9-13,18H,4,6,8,14H2,1H3,(H,23,26). The second-order valence-corrected chi connectivity index (χ2v) is 6.99. The maximum atomic E-state index is 12.5. The molecule has 1 atom stereocenters. The van der Waals surface area contributed by atoms with E-state index in [0.717, 1.165) is 24.8 Å². The van der Waals surface area contributed by atoms with Crippen molar-refractivity contribution >= 4 is 11.7 Å². The van der Waals surface area contributed by atoms with Gasteiger partial charge in [-0.25, -0.2) is 4.68 Å². The number of hydrogen-bond donors (Lipinski definition) is 1. The van der Waals surface area contributed by atoms with Crippen LogP contribution in [0.15, 0.2) is 59.7 Å². The molecule has 138 valence electrons. The first-order valence-electron chi connectivity index (χ1n) is 9.20. The number of anilines is 1. The van der Waals surface area contributed by atoms with Crippen LogP contribution >= 0.6 is 0 Å². The lowest BCUT2D eigenvalue weighted by Gasteiger charge is -2.27. The van der Waals surface area contributed by atoms with E-state index in [1.165, 1.54) is 21.8 Å². The number of benzene rings is 1. The SMILES string of the molecule is Cc1ccn(CC(=O)Nc2ccnn2C2CCCc3ccccc32)c(=O)c1. The molecule has 0 saturated carbocycles. The maximum absolute atomic E-state index is 12.5. The zero-order valence-corrected chi connectivity index (χ0v) is 15.3. The van der Waals surface area contributed by atoms with Crippen LogP contribution in [0.1, 0.15) is 35.6 Å². The van der Waals surface area contributed by atoms with Crippen molar-refractivity contribution in [1.82, 2.24) is 14.3 Å². The Hall–Kier alpha value is -3.15. The summed E-state index contributed by atoms with van der Waals surface area (Å²) in [4.78, 5) is 24.5. The fourth-order valence-electron chi connectivity index (χ4n) is 3.72. The molecule has 6 nitrogen and oxygen atoms in total. The van der Waals surface area contributed by atoms with E-state index < -0.39 is 0 Å². The van der Waals surface area contributed by atoms with E-state index in [4.69, 9.17) is 0 Å². The lowest BCUT2D eigenvalue weighted by atomic mass is 9.88. The van der Waals surface area contributed by atoms with Crippen LogP contribution in [0.3, 0.4) is 0 Å². The van der Waals surface area contributed by atoms with Crippen molar-refractivity contribution in [2.75, 3.05) is 5.32 Å². The minimum atomic E-state index is -0.244. The van der Waals surface area contributed by atoms with Crippen LogP contribution in [0.5, 0.6) is 0 Å². The molecule has 0 spiro atoms. The predicted molar refractivity (Wildman–Crippen MR) is 104 cm³/mol. The molecule has 0 fully saturated rings. The van der Waals surface area contributed by atoms with Crippen molar-refractivity contribution in [1.29, 1.82) is 0 Å². The molecular weight excluding hydrogens is 340 g/mol. The average Bonchev–Trinajstić information content (AvgIpc) is 3.11. The second kappa shape index (κ2) is 7.23. The van der Waals surface area contributed by atoms with E-state index in [0.29, 0.717) is 5.82 Å². The Labute approximate surface area is 157 Å². The molecule has 1 N–H and O–H groups in total. The summed E-state index contributed by atoms with van der Waals surface area (Å²) in [6, 6.07) is 13.7. The fraction of sp³-hybridized carbons (Fsp3) is 0.286. The number of aromatic nitrogens is 3. The Morgan fingerprint density at radius 2 is 2.11 bits per heavy atom. The number of nitrogens with one attached hydrogen (secondary N) is 1. The van der Waals surface area contributed by atoms with E-state index in [1.54, 1.807) is 18.5 Å². The number of hydrogen-bond acceptors (Lipinski definition) is 3. The van der Waals surface area contributed by atoms with E-state index in [-0.39, 0.29) is 24.1 Å². The molecule has 1 amide bonds. The number of rotatable bonds is 4. The summed E-state index contributed by atoms with van der Waals surface area (Å²) in [6.07, 6.45) is 6.50. The number of pyridine rings is 1. The van der Waals surface area contributed by atoms with Gasteiger partial charge >= 0.3 is 0 Å². The number of carbonyl (C=O) groups excluding carboxylic acids is 1. The Morgan fingerprint density at radius 3 is 2.96 bits per heavy atom. The highest BCUT2D eigenvalue weighted by atomic mass is 16.2. The monoisotopic (exact) mass is 362 g/mol. The van der Waals surface area contributed by atoms with Crippen LogP contribution in [0.4, 0.5) is 5.82 Å². The van der Waals surface area contributed by atoms with Crippen LogP contribution < -0.4 is 10.9 Å². The number of nitrogens with zero attached hydrogens (tertiary/aromatic N) is 3. The minimum Gasteiger partial charge on any atom is -0.309 e. The number of carbonyl (C=O) groups is 1. The summed E-state index contributed by atoms with van der Waals surface area (Å²) in [7, 11) is 0. The summed E-state index contributed by atoms with van der Waals surface area (Å²) in [5, 5.41) is 7.37. The molecule has 1 aromatic carbocycles. The van der Waals surface area contributed by atoms with Crippen LogP contribution in [0.2, 0.25) is 0 Å². The highest BCUT2D eigenvalue weighted by molar-refractivity contribution is 5.89. The van der Waals surface area contributed by atoms with Crippen molar-refractivity contribution in [3.63, 3.8) is 0 Å². The molecule has 27 heavy (non-hydrogen) atoms. The summed E-state index contributed by atoms with van der Waals surface area (Å²) >= 11 is 0. The Balaban J connectivity index is 1.55. The Kier molecular flexibility index (Phi) is 4.62. The van der Waals surface area contributed by atoms with Gasteiger partial charge in [0, 0.05) is 18.3 Å². The third-order valence-electron chi connectivity index (χ3n) is 5.04. The van der Waals surface area contributed by atoms with Gasteiger partial charge < -0.3 is 9.88 Å². The van der Waals surface area contributed by atoms with E-state index >= 15 is 0 Å². The van der Waals surface area contributed by atoms with Gasteiger partial charge in [0.15, 0.2) is 0 Å². The largest absolute Gasteiger partial charge is 0.309 e. The van der Waals surface area contributed by atoms with Crippen molar-refractivity contribution in [3.8, 4) is 0 Å². The van der Waals surface area contributed by atoms with E-state index in [1.807, 2.05) is 23.7 Å². The first kappa shape index (κ1) is 17.3. The Bertz CT molecular complexity index is 1030. The van der Waals surface area contributed by atoms with Gasteiger partial charge in [-0.2, -0.15) is 5.10 Å². The molecule has 6 heteroatoms. The molecule has 1 aliphatic carbocycles. The van der Waals surface area contributed by atoms with E-state index in [9.17, 15) is 9.59 Å². The van der Waals surface area contributed by atoms with Gasteiger partial charge in [-0.1, -0.05) is 24.3 Å². The van der Waals surface area contributed by atoms with Gasteiger partial charge in [-0.05, 0) is 48.9 Å².